The lowest BCUT2D eigenvalue weighted by Crippen LogP contribution is -2.31. The van der Waals surface area contributed by atoms with Gasteiger partial charge in [-0.3, -0.25) is 9.69 Å². The van der Waals surface area contributed by atoms with Gasteiger partial charge in [0, 0.05) is 13.1 Å². The van der Waals surface area contributed by atoms with Gasteiger partial charge in [-0.05, 0) is 91.4 Å². The standard InChI is InChI=1S/C27H37NO3/c1-26(2,3)22-8-11-23(12-9-22)31-24-10-7-20-15-19(5-6-21(20)16-24)17-28-14-13-27(4,18-28)25(29)30/h5-7,10,15-16,22-23H,8-9,11-14,17-18H2,1-4H3,(H,29,30)/t22-,23-,27?. The second-order valence-corrected chi connectivity index (χ2v) is 11.1. The Balaban J connectivity index is 1.37. The fraction of sp³-hybridized carbons (Fsp3) is 0.593. The Labute approximate surface area is 186 Å². The van der Waals surface area contributed by atoms with Crippen LogP contribution in [0.5, 0.6) is 5.75 Å². The summed E-state index contributed by atoms with van der Waals surface area (Å²) in [5.74, 6) is 1.08. The van der Waals surface area contributed by atoms with E-state index in [1.807, 2.05) is 6.92 Å². The number of hydrogen-bond donors (Lipinski definition) is 1. The lowest BCUT2D eigenvalue weighted by molar-refractivity contribution is -0.147. The normalized spacial score (nSPS) is 27.5. The monoisotopic (exact) mass is 423 g/mol. The van der Waals surface area contributed by atoms with E-state index in [1.54, 1.807) is 0 Å². The Morgan fingerprint density at radius 3 is 2.42 bits per heavy atom. The van der Waals surface area contributed by atoms with Crippen molar-refractivity contribution in [3.63, 3.8) is 0 Å². The Bertz CT molecular complexity index is 939. The van der Waals surface area contributed by atoms with Crippen molar-refractivity contribution in [3.05, 3.63) is 42.0 Å². The van der Waals surface area contributed by atoms with Crippen molar-refractivity contribution in [2.24, 2.45) is 16.7 Å². The Morgan fingerprint density at radius 1 is 1.10 bits per heavy atom. The van der Waals surface area contributed by atoms with Gasteiger partial charge in [-0.15, -0.1) is 0 Å². The first-order chi connectivity index (χ1) is 14.6. The average molecular weight is 424 g/mol. The number of nitrogens with zero attached hydrogens (tertiary/aromatic N) is 1. The molecule has 2 aromatic rings. The molecule has 0 radical (unpaired) electrons. The summed E-state index contributed by atoms with van der Waals surface area (Å²) in [6.07, 6.45) is 5.84. The molecule has 2 aromatic carbocycles. The van der Waals surface area contributed by atoms with Crippen LogP contribution in [-0.4, -0.2) is 35.2 Å². The third kappa shape index (κ3) is 5.06. The van der Waals surface area contributed by atoms with Gasteiger partial charge in [-0.2, -0.15) is 0 Å². The molecule has 4 rings (SSSR count). The van der Waals surface area contributed by atoms with Gasteiger partial charge in [0.15, 0.2) is 0 Å². The highest BCUT2D eigenvalue weighted by atomic mass is 16.5. The van der Waals surface area contributed by atoms with E-state index in [0.717, 1.165) is 37.6 Å². The van der Waals surface area contributed by atoms with Crippen LogP contribution in [0.1, 0.15) is 65.4 Å². The summed E-state index contributed by atoms with van der Waals surface area (Å²) < 4.78 is 6.34. The molecule has 0 aromatic heterocycles. The molecule has 1 unspecified atom stereocenters. The second-order valence-electron chi connectivity index (χ2n) is 11.1. The lowest BCUT2D eigenvalue weighted by Gasteiger charge is -2.37. The highest BCUT2D eigenvalue weighted by molar-refractivity contribution is 5.84. The van der Waals surface area contributed by atoms with Crippen LogP contribution in [0.4, 0.5) is 0 Å². The van der Waals surface area contributed by atoms with Crippen molar-refractivity contribution in [1.29, 1.82) is 0 Å². The Kier molecular flexibility index (Phi) is 6.04. The number of carboxylic acid groups (broad SMARTS) is 1. The van der Waals surface area contributed by atoms with Crippen LogP contribution >= 0.6 is 0 Å². The molecule has 1 heterocycles. The number of aliphatic carboxylic acids is 1. The van der Waals surface area contributed by atoms with Crippen molar-refractivity contribution in [2.45, 2.75) is 72.4 Å². The predicted molar refractivity (Wildman–Crippen MR) is 125 cm³/mol. The van der Waals surface area contributed by atoms with E-state index in [9.17, 15) is 9.90 Å². The number of fused-ring (bicyclic) bond motifs is 1. The van der Waals surface area contributed by atoms with Gasteiger partial charge in [0.05, 0.1) is 11.5 Å². The first-order valence-corrected chi connectivity index (χ1v) is 11.8. The van der Waals surface area contributed by atoms with Gasteiger partial charge in [0.2, 0.25) is 0 Å². The maximum Gasteiger partial charge on any atom is 0.310 e. The van der Waals surface area contributed by atoms with E-state index in [-0.39, 0.29) is 0 Å². The van der Waals surface area contributed by atoms with Crippen LogP contribution in [0.15, 0.2) is 36.4 Å². The predicted octanol–water partition coefficient (Wildman–Crippen LogP) is 6.12. The first kappa shape index (κ1) is 22.1. The summed E-state index contributed by atoms with van der Waals surface area (Å²) >= 11 is 0. The number of carboxylic acids is 1. The van der Waals surface area contributed by atoms with Crippen LogP contribution in [0.25, 0.3) is 10.8 Å². The molecule has 4 heteroatoms. The summed E-state index contributed by atoms with van der Waals surface area (Å²) in [5, 5.41) is 11.9. The molecule has 0 bridgehead atoms. The minimum absolute atomic E-state index is 0.328. The number of benzene rings is 2. The van der Waals surface area contributed by atoms with Crippen LogP contribution in [0, 0.1) is 16.7 Å². The smallest absolute Gasteiger partial charge is 0.310 e. The summed E-state index contributed by atoms with van der Waals surface area (Å²) in [7, 11) is 0. The molecule has 1 saturated heterocycles. The molecule has 1 N–H and O–H groups in total. The van der Waals surface area contributed by atoms with Crippen molar-refractivity contribution in [1.82, 2.24) is 4.90 Å². The summed E-state index contributed by atoms with van der Waals surface area (Å²) in [6.45, 7) is 11.2. The number of hydrogen-bond acceptors (Lipinski definition) is 3. The molecule has 0 spiro atoms. The molecule has 168 valence electrons. The zero-order valence-corrected chi connectivity index (χ0v) is 19.5. The molecule has 31 heavy (non-hydrogen) atoms. The van der Waals surface area contributed by atoms with Gasteiger partial charge in [-0.1, -0.05) is 39.0 Å². The fourth-order valence-electron chi connectivity index (χ4n) is 5.31. The minimum Gasteiger partial charge on any atom is -0.490 e. The van der Waals surface area contributed by atoms with Gasteiger partial charge < -0.3 is 9.84 Å². The third-order valence-corrected chi connectivity index (χ3v) is 7.55. The second kappa shape index (κ2) is 8.46. The first-order valence-electron chi connectivity index (χ1n) is 11.8. The molecule has 1 saturated carbocycles. The summed E-state index contributed by atoms with van der Waals surface area (Å²) in [4.78, 5) is 13.7. The van der Waals surface area contributed by atoms with E-state index < -0.39 is 11.4 Å². The van der Waals surface area contributed by atoms with Crippen LogP contribution in [-0.2, 0) is 11.3 Å². The van der Waals surface area contributed by atoms with Crippen LogP contribution in [0.3, 0.4) is 0 Å². The zero-order valence-electron chi connectivity index (χ0n) is 19.5. The summed E-state index contributed by atoms with van der Waals surface area (Å²) in [6, 6.07) is 13.0. The van der Waals surface area contributed by atoms with Crippen molar-refractivity contribution in [2.75, 3.05) is 13.1 Å². The molecular weight excluding hydrogens is 386 g/mol. The summed E-state index contributed by atoms with van der Waals surface area (Å²) in [5.41, 5.74) is 1.01. The van der Waals surface area contributed by atoms with E-state index in [1.165, 1.54) is 29.2 Å². The average Bonchev–Trinajstić information content (AvgIpc) is 3.10. The molecule has 4 nitrogen and oxygen atoms in total. The largest absolute Gasteiger partial charge is 0.490 e. The molecule has 1 aliphatic carbocycles. The molecule has 2 fully saturated rings. The number of rotatable bonds is 5. The SMILES string of the molecule is CC1(C(=O)O)CCN(Cc2ccc3cc(O[C@H]4CC[C@H](C(C)(C)C)CC4)ccc3c2)C1. The van der Waals surface area contributed by atoms with Gasteiger partial charge in [0.1, 0.15) is 5.75 Å². The fourth-order valence-corrected chi connectivity index (χ4v) is 5.31. The van der Waals surface area contributed by atoms with Crippen molar-refractivity contribution < 1.29 is 14.6 Å². The van der Waals surface area contributed by atoms with Gasteiger partial charge >= 0.3 is 5.97 Å². The maximum atomic E-state index is 11.5. The minimum atomic E-state index is -0.687. The molecule has 2 aliphatic rings. The van der Waals surface area contributed by atoms with Crippen LogP contribution in [0.2, 0.25) is 0 Å². The highest BCUT2D eigenvalue weighted by Crippen LogP contribution is 2.39. The van der Waals surface area contributed by atoms with Gasteiger partial charge in [0.25, 0.3) is 0 Å². The maximum absolute atomic E-state index is 11.5. The topological polar surface area (TPSA) is 49.8 Å². The lowest BCUT2D eigenvalue weighted by atomic mass is 9.72. The van der Waals surface area contributed by atoms with E-state index >= 15 is 0 Å². The Morgan fingerprint density at radius 2 is 1.77 bits per heavy atom. The zero-order chi connectivity index (χ0) is 22.2. The third-order valence-electron chi connectivity index (χ3n) is 7.55. The number of carbonyl (C=O) groups is 1. The number of ether oxygens (including phenoxy) is 1. The van der Waals surface area contributed by atoms with E-state index in [0.29, 0.717) is 24.5 Å². The molecule has 0 amide bonds. The van der Waals surface area contributed by atoms with Crippen molar-refractivity contribution >= 4 is 16.7 Å². The molecular formula is C27H37NO3. The van der Waals surface area contributed by atoms with Crippen molar-refractivity contribution in [3.8, 4) is 5.75 Å². The van der Waals surface area contributed by atoms with E-state index in [4.69, 9.17) is 4.74 Å². The van der Waals surface area contributed by atoms with Gasteiger partial charge in [-0.25, -0.2) is 0 Å². The Hall–Kier alpha value is -2.07. The van der Waals surface area contributed by atoms with Crippen LogP contribution < -0.4 is 4.74 Å². The quantitative estimate of drug-likeness (QED) is 0.629. The molecule has 1 atom stereocenters. The van der Waals surface area contributed by atoms with E-state index in [2.05, 4.69) is 62.1 Å². The molecule has 1 aliphatic heterocycles. The highest BCUT2D eigenvalue weighted by Gasteiger charge is 2.40. The number of likely N-dealkylation sites (tertiary alicyclic amines) is 1.